The molecule has 142 valence electrons. The Morgan fingerprint density at radius 2 is 2.14 bits per heavy atom. The Bertz CT molecular complexity index is 1090. The molecule has 3 atom stereocenters. The number of thiophene rings is 1. The van der Waals surface area contributed by atoms with Crippen molar-refractivity contribution < 1.29 is 4.39 Å². The van der Waals surface area contributed by atoms with Gasteiger partial charge in [0.15, 0.2) is 5.79 Å². The Morgan fingerprint density at radius 3 is 2.86 bits per heavy atom. The molecular weight excluding hydrogens is 388 g/mol. The minimum Gasteiger partial charge on any atom is -0.345 e. The van der Waals surface area contributed by atoms with Crippen molar-refractivity contribution in [2.24, 2.45) is 0 Å². The van der Waals surface area contributed by atoms with Gasteiger partial charge in [-0.05, 0) is 35.0 Å². The molecule has 2 N–H and O–H groups in total. The van der Waals surface area contributed by atoms with Crippen LogP contribution in [0.3, 0.4) is 0 Å². The predicted octanol–water partition coefficient (Wildman–Crippen LogP) is 5.67. The maximum Gasteiger partial charge on any atom is 0.188 e. The van der Waals surface area contributed by atoms with E-state index in [2.05, 4.69) is 19.5 Å². The maximum atomic E-state index is 15.2. The van der Waals surface area contributed by atoms with Crippen LogP contribution in [-0.4, -0.2) is 17.0 Å². The van der Waals surface area contributed by atoms with Crippen LogP contribution in [0, 0.1) is 5.41 Å². The number of hydrogen-bond donors (Lipinski definition) is 2. The van der Waals surface area contributed by atoms with Crippen LogP contribution in [0.5, 0.6) is 0 Å². The number of nitrogens with zero attached hydrogens (tertiary/aromatic N) is 1. The van der Waals surface area contributed by atoms with Crippen LogP contribution in [0.2, 0.25) is 0 Å². The summed E-state index contributed by atoms with van der Waals surface area (Å²) < 4.78 is 16.3. The first-order chi connectivity index (χ1) is 13.5. The van der Waals surface area contributed by atoms with Crippen molar-refractivity contribution in [2.45, 2.75) is 25.1 Å². The van der Waals surface area contributed by atoms with Crippen LogP contribution in [-0.2, 0) is 0 Å². The predicted molar refractivity (Wildman–Crippen MR) is 122 cm³/mol. The normalized spacial score (nSPS) is 22.0. The quantitative estimate of drug-likeness (QED) is 0.238. The van der Waals surface area contributed by atoms with Crippen LogP contribution in [0.1, 0.15) is 30.4 Å². The molecule has 0 spiro atoms. The minimum atomic E-state index is -1.39. The smallest absolute Gasteiger partial charge is 0.188 e. The third-order valence-corrected chi connectivity index (χ3v) is 6.36. The average molecular weight is 409 g/mol. The molecule has 3 unspecified atom stereocenters. The molecular formula is C22H21FN3PS. The summed E-state index contributed by atoms with van der Waals surface area (Å²) in [7, 11) is 2.68. The van der Waals surface area contributed by atoms with Gasteiger partial charge in [0.2, 0.25) is 0 Å². The number of anilines is 1. The van der Waals surface area contributed by atoms with Crippen LogP contribution in [0.4, 0.5) is 9.39 Å². The number of pyridine rings is 1. The molecule has 0 bridgehead atoms. The van der Waals surface area contributed by atoms with Crippen molar-refractivity contribution in [1.82, 2.24) is 4.98 Å². The summed E-state index contributed by atoms with van der Waals surface area (Å²) in [5.74, 6) is -1.53. The molecule has 1 fully saturated rings. The molecule has 1 saturated carbocycles. The molecule has 1 aliphatic carbocycles. The summed E-state index contributed by atoms with van der Waals surface area (Å²) in [6.07, 6.45) is 11.2. The Balaban J connectivity index is 1.45. The largest absolute Gasteiger partial charge is 0.345 e. The van der Waals surface area contributed by atoms with E-state index in [1.165, 1.54) is 17.6 Å². The van der Waals surface area contributed by atoms with Crippen LogP contribution >= 0.6 is 20.6 Å². The Hall–Kier alpha value is -2.36. The molecule has 6 heteroatoms. The van der Waals surface area contributed by atoms with Crippen LogP contribution in [0.15, 0.2) is 60.5 Å². The number of allylic oxidation sites excluding steroid dienone is 3. The molecule has 0 amide bonds. The second kappa shape index (κ2) is 7.57. The van der Waals surface area contributed by atoms with Gasteiger partial charge in [0.1, 0.15) is 0 Å². The SMILES string of the molecule is C/C(C=N)=C/C=C/c1ccc(C2CC2(F)Nc2cc3c(P)cncc3s2)cc1. The number of rotatable bonds is 6. The second-order valence-corrected chi connectivity index (χ2v) is 8.78. The van der Waals surface area contributed by atoms with Gasteiger partial charge in [-0.25, -0.2) is 4.39 Å². The molecule has 3 nitrogen and oxygen atoms in total. The molecule has 0 aliphatic heterocycles. The lowest BCUT2D eigenvalue weighted by molar-refractivity contribution is 0.340. The highest BCUT2D eigenvalue weighted by atomic mass is 32.1. The number of benzene rings is 1. The van der Waals surface area contributed by atoms with Gasteiger partial charge in [0, 0.05) is 36.3 Å². The summed E-state index contributed by atoms with van der Waals surface area (Å²) in [6, 6.07) is 10.00. The highest BCUT2D eigenvalue weighted by Crippen LogP contribution is 2.55. The lowest BCUT2D eigenvalue weighted by Gasteiger charge is -2.10. The molecule has 0 saturated heterocycles. The third kappa shape index (κ3) is 3.91. The highest BCUT2D eigenvalue weighted by molar-refractivity contribution is 7.29. The van der Waals surface area contributed by atoms with Gasteiger partial charge in [0.05, 0.1) is 9.70 Å². The van der Waals surface area contributed by atoms with Crippen molar-refractivity contribution in [1.29, 1.82) is 5.41 Å². The Morgan fingerprint density at radius 1 is 1.36 bits per heavy atom. The van der Waals surface area contributed by atoms with Gasteiger partial charge in [-0.15, -0.1) is 20.6 Å². The zero-order chi connectivity index (χ0) is 19.7. The highest BCUT2D eigenvalue weighted by Gasteiger charge is 2.56. The van der Waals surface area contributed by atoms with E-state index in [4.69, 9.17) is 5.41 Å². The van der Waals surface area contributed by atoms with Gasteiger partial charge in [-0.1, -0.05) is 42.5 Å². The minimum absolute atomic E-state index is 0.135. The zero-order valence-electron chi connectivity index (χ0n) is 15.4. The van der Waals surface area contributed by atoms with E-state index >= 15 is 4.39 Å². The van der Waals surface area contributed by atoms with Crippen molar-refractivity contribution in [3.8, 4) is 0 Å². The maximum absolute atomic E-state index is 15.2. The van der Waals surface area contributed by atoms with Gasteiger partial charge >= 0.3 is 0 Å². The summed E-state index contributed by atoms with van der Waals surface area (Å²) in [5, 5.41) is 13.2. The summed E-state index contributed by atoms with van der Waals surface area (Å²) >= 11 is 1.53. The average Bonchev–Trinajstić information content (AvgIpc) is 3.16. The molecule has 1 aliphatic rings. The van der Waals surface area contributed by atoms with Crippen LogP contribution < -0.4 is 10.6 Å². The first-order valence-corrected chi connectivity index (χ1v) is 10.4. The van der Waals surface area contributed by atoms with Gasteiger partial charge < -0.3 is 10.7 Å². The number of hydrogen-bond acceptors (Lipinski definition) is 4. The number of aromatic nitrogens is 1. The lowest BCUT2D eigenvalue weighted by atomic mass is 10.1. The molecule has 2 heterocycles. The van der Waals surface area contributed by atoms with Gasteiger partial charge in [-0.2, -0.15) is 0 Å². The van der Waals surface area contributed by atoms with Crippen molar-refractivity contribution in [3.05, 3.63) is 71.6 Å². The van der Waals surface area contributed by atoms with E-state index in [1.54, 1.807) is 6.20 Å². The molecule has 28 heavy (non-hydrogen) atoms. The van der Waals surface area contributed by atoms with Gasteiger partial charge in [-0.3, -0.25) is 4.98 Å². The summed E-state index contributed by atoms with van der Waals surface area (Å²) in [4.78, 5) is 4.19. The topological polar surface area (TPSA) is 48.8 Å². The lowest BCUT2D eigenvalue weighted by Crippen LogP contribution is -2.16. The molecule has 4 rings (SSSR count). The number of halogens is 1. The Labute approximate surface area is 170 Å². The monoisotopic (exact) mass is 409 g/mol. The molecule has 1 aromatic carbocycles. The number of fused-ring (bicyclic) bond motifs is 1. The zero-order valence-corrected chi connectivity index (χ0v) is 17.4. The number of nitrogens with one attached hydrogen (secondary N) is 2. The van der Waals surface area contributed by atoms with Crippen molar-refractivity contribution in [2.75, 3.05) is 5.32 Å². The molecule has 2 aromatic heterocycles. The fraction of sp³-hybridized carbons (Fsp3) is 0.182. The van der Waals surface area contributed by atoms with E-state index < -0.39 is 5.79 Å². The molecule has 3 aromatic rings. The third-order valence-electron chi connectivity index (χ3n) is 4.92. The standard InChI is InChI=1S/C22H21FN3PS/c1-14(11-24)3-2-4-15-5-7-16(8-6-15)18-10-22(18,23)26-21-9-17-19(27)12-25-13-20(17)28-21/h2-9,11-13,18,24,26H,10,27H2,1H3/b4-2+,14-3-,24-11?. The Kier molecular flexibility index (Phi) is 5.13. The fourth-order valence-electron chi connectivity index (χ4n) is 3.20. The molecule has 0 radical (unpaired) electrons. The first-order valence-electron chi connectivity index (χ1n) is 9.04. The van der Waals surface area contributed by atoms with Crippen LogP contribution in [0.25, 0.3) is 16.2 Å². The summed E-state index contributed by atoms with van der Waals surface area (Å²) in [6.45, 7) is 1.88. The van der Waals surface area contributed by atoms with E-state index in [1.807, 2.05) is 61.7 Å². The van der Waals surface area contributed by atoms with E-state index in [9.17, 15) is 0 Å². The number of alkyl halides is 1. The van der Waals surface area contributed by atoms with E-state index in [0.717, 1.165) is 37.1 Å². The van der Waals surface area contributed by atoms with Crippen molar-refractivity contribution in [3.63, 3.8) is 0 Å². The fourth-order valence-corrected chi connectivity index (χ4v) is 4.67. The van der Waals surface area contributed by atoms with E-state index in [-0.39, 0.29) is 5.92 Å². The van der Waals surface area contributed by atoms with Crippen molar-refractivity contribution >= 4 is 53.3 Å². The van der Waals surface area contributed by atoms with E-state index in [0.29, 0.717) is 6.42 Å². The second-order valence-electron chi connectivity index (χ2n) is 7.08. The summed E-state index contributed by atoms with van der Waals surface area (Å²) in [5.41, 5.74) is 2.96. The first kappa shape index (κ1) is 19.0. The van der Waals surface area contributed by atoms with Gasteiger partial charge in [0.25, 0.3) is 0 Å².